The van der Waals surface area contributed by atoms with Gasteiger partial charge in [-0.05, 0) is 28.9 Å². The molecule has 0 unspecified atom stereocenters. The molecule has 7 heteroatoms. The fourth-order valence-corrected chi connectivity index (χ4v) is 1.72. The van der Waals surface area contributed by atoms with Gasteiger partial charge in [-0.25, -0.2) is 4.98 Å². The third kappa shape index (κ3) is 1.87. The van der Waals surface area contributed by atoms with E-state index in [2.05, 4.69) is 37.1 Å². The topological polar surface area (TPSA) is 93.4 Å². The molecule has 0 amide bonds. The van der Waals surface area contributed by atoms with Gasteiger partial charge in [-0.1, -0.05) is 0 Å². The molecule has 2 heterocycles. The van der Waals surface area contributed by atoms with Crippen molar-refractivity contribution in [2.75, 3.05) is 5.73 Å². The fourth-order valence-electron chi connectivity index (χ4n) is 1.28. The van der Waals surface area contributed by atoms with E-state index < -0.39 is 0 Å². The maximum absolute atomic E-state index is 8.85. The number of nitrogens with two attached hydrogens (primary N) is 1. The average Bonchev–Trinajstić information content (AvgIpc) is 2.57. The molecular weight excluding hydrogens is 272 g/mol. The minimum Gasteiger partial charge on any atom is -0.366 e. The number of aryl methyl sites for hydroxylation is 1. The summed E-state index contributed by atoms with van der Waals surface area (Å²) in [6.07, 6.45) is 0. The molecule has 80 valence electrons. The van der Waals surface area contributed by atoms with E-state index >= 15 is 0 Å². The zero-order valence-electron chi connectivity index (χ0n) is 8.35. The van der Waals surface area contributed by atoms with Crippen molar-refractivity contribution >= 4 is 21.9 Å². The largest absolute Gasteiger partial charge is 0.366 e. The molecule has 0 spiro atoms. The van der Waals surface area contributed by atoms with Crippen LogP contribution in [0.15, 0.2) is 16.9 Å². The highest BCUT2D eigenvalue weighted by molar-refractivity contribution is 9.10. The smallest absolute Gasteiger partial charge is 0.240 e. The average molecular weight is 279 g/mol. The first kappa shape index (κ1) is 10.6. The van der Waals surface area contributed by atoms with Crippen LogP contribution in [-0.2, 0) is 0 Å². The third-order valence-electron chi connectivity index (χ3n) is 1.87. The quantitative estimate of drug-likeness (QED) is 0.846. The van der Waals surface area contributed by atoms with Gasteiger partial charge in [-0.2, -0.15) is 14.9 Å². The lowest BCUT2D eigenvalue weighted by molar-refractivity contribution is 0.821. The SMILES string of the molecule is Cc1cc(C#N)cc(-n2nc(N)nc2Br)n1. The number of hydrogen-bond acceptors (Lipinski definition) is 5. The van der Waals surface area contributed by atoms with E-state index in [9.17, 15) is 0 Å². The standard InChI is InChI=1S/C9H7BrN6/c1-5-2-6(4-11)3-7(13-5)16-8(10)14-9(12)15-16/h2-3H,1H3,(H2,12,15). The van der Waals surface area contributed by atoms with E-state index in [1.54, 1.807) is 19.1 Å². The molecule has 0 atom stereocenters. The number of halogens is 1. The lowest BCUT2D eigenvalue weighted by Gasteiger charge is -2.02. The van der Waals surface area contributed by atoms with Gasteiger partial charge >= 0.3 is 0 Å². The van der Waals surface area contributed by atoms with Crippen molar-refractivity contribution in [1.29, 1.82) is 5.26 Å². The molecule has 2 rings (SSSR count). The molecule has 0 aliphatic rings. The van der Waals surface area contributed by atoms with E-state index in [4.69, 9.17) is 11.0 Å². The summed E-state index contributed by atoms with van der Waals surface area (Å²) in [7, 11) is 0. The van der Waals surface area contributed by atoms with Crippen LogP contribution in [-0.4, -0.2) is 19.7 Å². The molecule has 0 aliphatic heterocycles. The summed E-state index contributed by atoms with van der Waals surface area (Å²) in [4.78, 5) is 8.15. The van der Waals surface area contributed by atoms with Crippen molar-refractivity contribution in [3.8, 4) is 11.9 Å². The fraction of sp³-hybridized carbons (Fsp3) is 0.111. The summed E-state index contributed by atoms with van der Waals surface area (Å²) in [5.41, 5.74) is 6.71. The second-order valence-corrected chi connectivity index (χ2v) is 3.83. The maximum atomic E-state index is 8.85. The Bertz CT molecular complexity index is 582. The highest BCUT2D eigenvalue weighted by atomic mass is 79.9. The van der Waals surface area contributed by atoms with Crippen LogP contribution in [0.3, 0.4) is 0 Å². The lowest BCUT2D eigenvalue weighted by atomic mass is 10.2. The molecule has 2 N–H and O–H groups in total. The lowest BCUT2D eigenvalue weighted by Crippen LogP contribution is -2.02. The highest BCUT2D eigenvalue weighted by Gasteiger charge is 2.09. The van der Waals surface area contributed by atoms with Crippen molar-refractivity contribution < 1.29 is 0 Å². The van der Waals surface area contributed by atoms with Crippen LogP contribution in [0.1, 0.15) is 11.3 Å². The first-order chi connectivity index (χ1) is 7.60. The van der Waals surface area contributed by atoms with Gasteiger partial charge in [0.2, 0.25) is 10.7 Å². The maximum Gasteiger partial charge on any atom is 0.240 e. The molecule has 0 aromatic carbocycles. The first-order valence-corrected chi connectivity index (χ1v) is 5.16. The number of pyridine rings is 1. The van der Waals surface area contributed by atoms with Crippen LogP contribution in [0.4, 0.5) is 5.95 Å². The molecule has 2 aromatic heterocycles. The number of anilines is 1. The number of hydrogen-bond donors (Lipinski definition) is 1. The van der Waals surface area contributed by atoms with E-state index in [0.717, 1.165) is 5.69 Å². The minimum absolute atomic E-state index is 0.147. The van der Waals surface area contributed by atoms with Gasteiger partial charge in [0, 0.05) is 11.8 Å². The molecule has 0 saturated carbocycles. The van der Waals surface area contributed by atoms with Crippen LogP contribution in [0.25, 0.3) is 5.82 Å². The zero-order chi connectivity index (χ0) is 11.7. The highest BCUT2D eigenvalue weighted by Crippen LogP contribution is 2.15. The molecule has 0 aliphatic carbocycles. The predicted octanol–water partition coefficient (Wildman–Crippen LogP) is 1.19. The molecule has 0 fully saturated rings. The summed E-state index contributed by atoms with van der Waals surface area (Å²) in [5.74, 6) is 0.654. The van der Waals surface area contributed by atoms with Gasteiger partial charge in [0.1, 0.15) is 0 Å². The summed E-state index contributed by atoms with van der Waals surface area (Å²) in [6, 6.07) is 5.37. The molecule has 0 saturated heterocycles. The van der Waals surface area contributed by atoms with Crippen molar-refractivity contribution in [3.05, 3.63) is 28.1 Å². The molecule has 0 radical (unpaired) electrons. The van der Waals surface area contributed by atoms with Crippen molar-refractivity contribution in [2.24, 2.45) is 0 Å². The monoisotopic (exact) mass is 278 g/mol. The third-order valence-corrected chi connectivity index (χ3v) is 2.38. The Balaban J connectivity index is 2.60. The summed E-state index contributed by atoms with van der Waals surface area (Å²) < 4.78 is 1.88. The second-order valence-electron chi connectivity index (χ2n) is 3.12. The second kappa shape index (κ2) is 3.90. The Hall–Kier alpha value is -1.94. The Morgan fingerprint density at radius 2 is 2.19 bits per heavy atom. The van der Waals surface area contributed by atoms with Gasteiger partial charge in [0.05, 0.1) is 11.6 Å². The Labute approximate surface area is 99.9 Å². The molecule has 0 bridgehead atoms. The van der Waals surface area contributed by atoms with Crippen molar-refractivity contribution in [2.45, 2.75) is 6.92 Å². The van der Waals surface area contributed by atoms with Gasteiger partial charge < -0.3 is 5.73 Å². The molecule has 2 aromatic rings. The number of nitrogens with zero attached hydrogens (tertiary/aromatic N) is 5. The van der Waals surface area contributed by atoms with E-state index in [-0.39, 0.29) is 5.95 Å². The van der Waals surface area contributed by atoms with E-state index in [1.165, 1.54) is 4.68 Å². The summed E-state index contributed by atoms with van der Waals surface area (Å²) in [6.45, 7) is 1.80. The minimum atomic E-state index is 0.147. The Morgan fingerprint density at radius 1 is 1.44 bits per heavy atom. The van der Waals surface area contributed by atoms with Crippen LogP contribution in [0.2, 0.25) is 0 Å². The Kier molecular flexibility index (Phi) is 2.58. The van der Waals surface area contributed by atoms with Crippen LogP contribution in [0.5, 0.6) is 0 Å². The predicted molar refractivity (Wildman–Crippen MR) is 60.7 cm³/mol. The van der Waals surface area contributed by atoms with Crippen LogP contribution < -0.4 is 5.73 Å². The van der Waals surface area contributed by atoms with Crippen molar-refractivity contribution in [3.63, 3.8) is 0 Å². The van der Waals surface area contributed by atoms with E-state index in [0.29, 0.717) is 16.1 Å². The number of aromatic nitrogens is 4. The van der Waals surface area contributed by atoms with E-state index in [1.807, 2.05) is 0 Å². The number of rotatable bonds is 1. The van der Waals surface area contributed by atoms with Gasteiger partial charge in [0.25, 0.3) is 0 Å². The summed E-state index contributed by atoms with van der Waals surface area (Å²) in [5, 5.41) is 12.8. The number of nitrogen functional groups attached to an aromatic ring is 1. The van der Waals surface area contributed by atoms with Gasteiger partial charge in [-0.3, -0.25) is 0 Å². The molecule has 16 heavy (non-hydrogen) atoms. The van der Waals surface area contributed by atoms with Crippen molar-refractivity contribution in [1.82, 2.24) is 19.7 Å². The van der Waals surface area contributed by atoms with Crippen LogP contribution >= 0.6 is 15.9 Å². The van der Waals surface area contributed by atoms with Gasteiger partial charge in [-0.15, -0.1) is 5.10 Å². The zero-order valence-corrected chi connectivity index (χ0v) is 9.93. The molecular formula is C9H7BrN6. The Morgan fingerprint density at radius 3 is 2.75 bits per heavy atom. The van der Waals surface area contributed by atoms with Gasteiger partial charge in [0.15, 0.2) is 5.82 Å². The van der Waals surface area contributed by atoms with Crippen LogP contribution in [0, 0.1) is 18.3 Å². The number of nitriles is 1. The first-order valence-electron chi connectivity index (χ1n) is 4.37. The molecule has 6 nitrogen and oxygen atoms in total. The normalized spacial score (nSPS) is 10.1. The summed E-state index contributed by atoms with van der Waals surface area (Å²) >= 11 is 3.21.